The Morgan fingerprint density at radius 1 is 1.22 bits per heavy atom. The van der Waals surface area contributed by atoms with Gasteiger partial charge < -0.3 is 5.32 Å². The molecular formula is C12H8N5O. The van der Waals surface area contributed by atoms with Crippen LogP contribution < -0.4 is 5.32 Å². The average Bonchev–Trinajstić information content (AvgIpc) is 2.86. The monoisotopic (exact) mass is 238 g/mol. The summed E-state index contributed by atoms with van der Waals surface area (Å²) in [6.45, 7) is 0. The maximum atomic E-state index is 11.1. The van der Waals surface area contributed by atoms with Crippen LogP contribution in [0.15, 0.2) is 46.9 Å². The number of azo groups is 1. The van der Waals surface area contributed by atoms with Crippen LogP contribution in [0.4, 0.5) is 4.79 Å². The Hall–Kier alpha value is -2.63. The summed E-state index contributed by atoms with van der Waals surface area (Å²) in [7, 11) is 0. The second kappa shape index (κ2) is 4.33. The summed E-state index contributed by atoms with van der Waals surface area (Å²) in [5.41, 5.74) is 1.49. The normalized spacial score (nSPS) is 17.8. The van der Waals surface area contributed by atoms with Crippen LogP contribution in [0.3, 0.4) is 0 Å². The summed E-state index contributed by atoms with van der Waals surface area (Å²) in [6.07, 6.45) is 2.82. The Labute approximate surface area is 103 Å². The van der Waals surface area contributed by atoms with E-state index in [0.717, 1.165) is 5.56 Å². The number of hydrogen-bond donors (Lipinski definition) is 1. The predicted octanol–water partition coefficient (Wildman–Crippen LogP) is 2.12. The highest BCUT2D eigenvalue weighted by Gasteiger charge is 2.23. The molecule has 1 aliphatic heterocycles. The Morgan fingerprint density at radius 3 is 2.78 bits per heavy atom. The molecule has 0 fully saturated rings. The van der Waals surface area contributed by atoms with Gasteiger partial charge in [0.2, 0.25) is 0 Å². The van der Waals surface area contributed by atoms with Crippen LogP contribution in [-0.4, -0.2) is 16.0 Å². The van der Waals surface area contributed by atoms with Gasteiger partial charge in [0, 0.05) is 23.5 Å². The summed E-state index contributed by atoms with van der Waals surface area (Å²) in [6, 6.07) is 9.80. The van der Waals surface area contributed by atoms with Crippen molar-refractivity contribution in [3.05, 3.63) is 48.3 Å². The highest BCUT2D eigenvalue weighted by molar-refractivity contribution is 5.77. The largest absolute Gasteiger partial charge is 0.361 e. The van der Waals surface area contributed by atoms with Gasteiger partial charge in [0.05, 0.1) is 0 Å². The molecular weight excluding hydrogens is 230 g/mol. The second-order valence-electron chi connectivity index (χ2n) is 3.64. The third kappa shape index (κ3) is 1.84. The highest BCUT2D eigenvalue weighted by atomic mass is 16.2. The lowest BCUT2D eigenvalue weighted by Gasteiger charge is -2.10. The number of nitrogens with one attached hydrogen (secondary N) is 1. The van der Waals surface area contributed by atoms with Gasteiger partial charge in [0.25, 0.3) is 0 Å². The van der Waals surface area contributed by atoms with Gasteiger partial charge in [-0.05, 0) is 12.1 Å². The van der Waals surface area contributed by atoms with Gasteiger partial charge >= 0.3 is 6.03 Å². The molecule has 6 nitrogen and oxygen atoms in total. The number of urea groups is 1. The maximum absolute atomic E-state index is 11.1. The summed E-state index contributed by atoms with van der Waals surface area (Å²) in [5.74, 6) is 0.546. The molecule has 1 N–H and O–H groups in total. The standard InChI is InChI=1S/C12H8N5O/c18-12-15-11(16-17-12)9-5-2-1-4-8(9)10-13-6-3-7-14-10/h1-3,5-7,11H,(H,15,18). The Kier molecular flexibility index (Phi) is 2.53. The zero-order valence-corrected chi connectivity index (χ0v) is 9.24. The molecule has 2 amide bonds. The molecule has 1 radical (unpaired) electrons. The van der Waals surface area contributed by atoms with Gasteiger partial charge in [-0.25, -0.2) is 14.8 Å². The molecule has 1 aliphatic rings. The van der Waals surface area contributed by atoms with E-state index in [1.807, 2.05) is 12.1 Å². The molecule has 18 heavy (non-hydrogen) atoms. The van der Waals surface area contributed by atoms with Gasteiger partial charge in [-0.15, -0.1) is 0 Å². The van der Waals surface area contributed by atoms with Crippen molar-refractivity contribution in [1.82, 2.24) is 15.3 Å². The lowest BCUT2D eigenvalue weighted by molar-refractivity contribution is 0.250. The number of carbonyl (C=O) groups is 1. The first-order valence-electron chi connectivity index (χ1n) is 5.34. The van der Waals surface area contributed by atoms with Crippen LogP contribution >= 0.6 is 0 Å². The number of aromatic nitrogens is 2. The van der Waals surface area contributed by atoms with Gasteiger partial charge in [0.15, 0.2) is 12.0 Å². The van der Waals surface area contributed by atoms with E-state index in [9.17, 15) is 4.79 Å². The molecule has 87 valence electrons. The first kappa shape index (κ1) is 10.5. The van der Waals surface area contributed by atoms with Crippen molar-refractivity contribution in [1.29, 1.82) is 0 Å². The number of hydrogen-bond acceptors (Lipinski definition) is 4. The van der Waals surface area contributed by atoms with Crippen LogP contribution in [0, 0.1) is 6.07 Å². The van der Waals surface area contributed by atoms with Gasteiger partial charge in [-0.2, -0.15) is 5.11 Å². The maximum Gasteiger partial charge on any atom is 0.361 e. The molecule has 1 atom stereocenters. The van der Waals surface area contributed by atoms with E-state index < -0.39 is 12.2 Å². The fourth-order valence-corrected chi connectivity index (χ4v) is 1.72. The van der Waals surface area contributed by atoms with Crippen molar-refractivity contribution < 1.29 is 4.79 Å². The van der Waals surface area contributed by atoms with Crippen LogP contribution in [0.1, 0.15) is 11.7 Å². The zero-order chi connectivity index (χ0) is 12.4. The molecule has 1 aromatic heterocycles. The Bertz CT molecular complexity index is 611. The van der Waals surface area contributed by atoms with E-state index in [-0.39, 0.29) is 0 Å². The summed E-state index contributed by atoms with van der Waals surface area (Å²) in [4.78, 5) is 19.4. The second-order valence-corrected chi connectivity index (χ2v) is 3.64. The number of rotatable bonds is 2. The average molecular weight is 238 g/mol. The van der Waals surface area contributed by atoms with Crippen molar-refractivity contribution in [2.45, 2.75) is 6.17 Å². The topological polar surface area (TPSA) is 79.6 Å². The van der Waals surface area contributed by atoms with E-state index in [4.69, 9.17) is 0 Å². The molecule has 0 saturated heterocycles. The molecule has 2 aromatic rings. The van der Waals surface area contributed by atoms with Crippen LogP contribution in [-0.2, 0) is 0 Å². The first-order valence-corrected chi connectivity index (χ1v) is 5.34. The summed E-state index contributed by atoms with van der Waals surface area (Å²) >= 11 is 0. The number of benzene rings is 1. The zero-order valence-electron chi connectivity index (χ0n) is 9.24. The Balaban J connectivity index is 2.06. The molecule has 1 aromatic carbocycles. The van der Waals surface area contributed by atoms with Crippen LogP contribution in [0.25, 0.3) is 11.4 Å². The van der Waals surface area contributed by atoms with Crippen molar-refractivity contribution in [3.8, 4) is 11.4 Å². The van der Waals surface area contributed by atoms with E-state index >= 15 is 0 Å². The van der Waals surface area contributed by atoms with E-state index in [0.29, 0.717) is 11.4 Å². The van der Waals surface area contributed by atoms with Gasteiger partial charge in [-0.1, -0.05) is 23.3 Å². The van der Waals surface area contributed by atoms with Crippen molar-refractivity contribution in [2.24, 2.45) is 10.2 Å². The van der Waals surface area contributed by atoms with Crippen molar-refractivity contribution in [2.75, 3.05) is 0 Å². The predicted molar refractivity (Wildman–Crippen MR) is 62.4 cm³/mol. The van der Waals surface area contributed by atoms with Crippen LogP contribution in [0.2, 0.25) is 0 Å². The third-order valence-corrected chi connectivity index (χ3v) is 2.50. The lowest BCUT2D eigenvalue weighted by Crippen LogP contribution is -2.18. The highest BCUT2D eigenvalue weighted by Crippen LogP contribution is 2.27. The quantitative estimate of drug-likeness (QED) is 0.870. The van der Waals surface area contributed by atoms with Crippen LogP contribution in [0.5, 0.6) is 0 Å². The lowest BCUT2D eigenvalue weighted by atomic mass is 10.0. The fourth-order valence-electron chi connectivity index (χ4n) is 1.72. The van der Waals surface area contributed by atoms with E-state index in [1.54, 1.807) is 24.5 Å². The minimum Gasteiger partial charge on any atom is -0.307 e. The number of amides is 2. The van der Waals surface area contributed by atoms with E-state index in [2.05, 4.69) is 31.6 Å². The number of nitrogens with zero attached hydrogens (tertiary/aromatic N) is 4. The molecule has 0 saturated carbocycles. The summed E-state index contributed by atoms with van der Waals surface area (Å²) < 4.78 is 0. The fraction of sp³-hybridized carbons (Fsp3) is 0.0833. The minimum absolute atomic E-state index is 0.441. The molecule has 2 heterocycles. The van der Waals surface area contributed by atoms with Gasteiger partial charge in [0.1, 0.15) is 0 Å². The minimum atomic E-state index is -0.492. The SMILES string of the molecule is O=C1N=NC(c2ccc[c]c2-c2ncccn2)N1. The molecule has 0 bridgehead atoms. The van der Waals surface area contributed by atoms with Crippen molar-refractivity contribution in [3.63, 3.8) is 0 Å². The first-order chi connectivity index (χ1) is 8.84. The molecule has 3 rings (SSSR count). The van der Waals surface area contributed by atoms with Crippen molar-refractivity contribution >= 4 is 6.03 Å². The van der Waals surface area contributed by atoms with E-state index in [1.165, 1.54) is 0 Å². The molecule has 0 spiro atoms. The van der Waals surface area contributed by atoms with Gasteiger partial charge in [-0.3, -0.25) is 0 Å². The Morgan fingerprint density at radius 2 is 2.06 bits per heavy atom. The smallest absolute Gasteiger partial charge is 0.307 e. The molecule has 6 heteroatoms. The third-order valence-electron chi connectivity index (χ3n) is 2.50. The number of carbonyl (C=O) groups excluding carboxylic acids is 1. The summed E-state index contributed by atoms with van der Waals surface area (Å²) in [5, 5.41) is 9.94. The molecule has 0 aliphatic carbocycles. The molecule has 1 unspecified atom stereocenters.